The molecule has 0 aliphatic heterocycles. The number of anilines is 1. The maximum atomic E-state index is 12.7. The molecule has 0 aliphatic rings. The number of carbonyl (C=O) groups excluding carboxylic acids is 2. The van der Waals surface area contributed by atoms with Gasteiger partial charge >= 0.3 is 0 Å². The summed E-state index contributed by atoms with van der Waals surface area (Å²) in [6, 6.07) is 16.6. The summed E-state index contributed by atoms with van der Waals surface area (Å²) < 4.78 is 6.65. The van der Waals surface area contributed by atoms with Gasteiger partial charge in [-0.15, -0.1) is 0 Å². The van der Waals surface area contributed by atoms with Gasteiger partial charge in [-0.2, -0.15) is 0 Å². The van der Waals surface area contributed by atoms with Gasteiger partial charge in [0.15, 0.2) is 0 Å². The Kier molecular flexibility index (Phi) is 5.55. The lowest BCUT2D eigenvalue weighted by Crippen LogP contribution is -2.29. The standard InChI is InChI=1S/C21H19N3O4/c1-28-17-5-2-4-14(12-17)13-24-11-3-6-18(21(24)27)20(26)23-16-9-7-15(8-10-16)19(22)25/h2-12H,13H2,1H3,(H2,22,25)(H,23,26). The zero-order valence-electron chi connectivity index (χ0n) is 15.2. The van der Waals surface area contributed by atoms with E-state index in [0.717, 1.165) is 5.56 Å². The van der Waals surface area contributed by atoms with Crippen LogP contribution in [0.25, 0.3) is 0 Å². The Hall–Kier alpha value is -3.87. The highest BCUT2D eigenvalue weighted by Gasteiger charge is 2.13. The Labute approximate surface area is 161 Å². The van der Waals surface area contributed by atoms with E-state index in [-0.39, 0.29) is 5.56 Å². The zero-order valence-corrected chi connectivity index (χ0v) is 15.2. The monoisotopic (exact) mass is 377 g/mol. The molecule has 0 fully saturated rings. The second kappa shape index (κ2) is 8.22. The molecule has 7 heteroatoms. The largest absolute Gasteiger partial charge is 0.497 e. The Morgan fingerprint density at radius 3 is 2.50 bits per heavy atom. The molecule has 3 N–H and O–H groups in total. The molecule has 0 atom stereocenters. The molecule has 3 aromatic rings. The lowest BCUT2D eigenvalue weighted by molar-refractivity contribution is 0.0998. The summed E-state index contributed by atoms with van der Waals surface area (Å²) in [6.45, 7) is 0.310. The van der Waals surface area contributed by atoms with Crippen molar-refractivity contribution in [3.8, 4) is 5.75 Å². The molecular weight excluding hydrogens is 358 g/mol. The number of amides is 2. The molecule has 7 nitrogen and oxygen atoms in total. The molecule has 1 aromatic heterocycles. The van der Waals surface area contributed by atoms with Crippen molar-refractivity contribution in [2.45, 2.75) is 6.54 Å². The van der Waals surface area contributed by atoms with Crippen LogP contribution in [-0.2, 0) is 6.54 Å². The molecule has 0 aliphatic carbocycles. The van der Waals surface area contributed by atoms with Gasteiger partial charge in [0.05, 0.1) is 13.7 Å². The van der Waals surface area contributed by atoms with Gasteiger partial charge in [0.2, 0.25) is 5.91 Å². The van der Waals surface area contributed by atoms with Crippen molar-refractivity contribution in [3.05, 3.63) is 93.9 Å². The molecular formula is C21H19N3O4. The van der Waals surface area contributed by atoms with Crippen LogP contribution in [0.3, 0.4) is 0 Å². The second-order valence-electron chi connectivity index (χ2n) is 6.10. The number of benzene rings is 2. The number of rotatable bonds is 6. The number of hydrogen-bond donors (Lipinski definition) is 2. The van der Waals surface area contributed by atoms with E-state index in [9.17, 15) is 14.4 Å². The summed E-state index contributed by atoms with van der Waals surface area (Å²) in [7, 11) is 1.58. The van der Waals surface area contributed by atoms with Crippen molar-refractivity contribution in [3.63, 3.8) is 0 Å². The average Bonchev–Trinajstić information content (AvgIpc) is 2.70. The molecule has 2 amide bonds. The van der Waals surface area contributed by atoms with Crippen molar-refractivity contribution < 1.29 is 14.3 Å². The topological polar surface area (TPSA) is 103 Å². The highest BCUT2D eigenvalue weighted by Crippen LogP contribution is 2.14. The fourth-order valence-corrected chi connectivity index (χ4v) is 2.72. The molecule has 0 radical (unpaired) electrons. The van der Waals surface area contributed by atoms with Crippen LogP contribution in [0.2, 0.25) is 0 Å². The van der Waals surface area contributed by atoms with Gasteiger partial charge in [-0.25, -0.2) is 0 Å². The van der Waals surface area contributed by atoms with Crippen molar-refractivity contribution in [1.82, 2.24) is 4.57 Å². The minimum Gasteiger partial charge on any atom is -0.497 e. The number of methoxy groups -OCH3 is 1. The SMILES string of the molecule is COc1cccc(Cn2cccc(C(=O)Nc3ccc(C(N)=O)cc3)c2=O)c1. The molecule has 1 heterocycles. The van der Waals surface area contributed by atoms with Crippen molar-refractivity contribution >= 4 is 17.5 Å². The summed E-state index contributed by atoms with van der Waals surface area (Å²) in [6.07, 6.45) is 1.63. The lowest BCUT2D eigenvalue weighted by atomic mass is 10.2. The summed E-state index contributed by atoms with van der Waals surface area (Å²) >= 11 is 0. The van der Waals surface area contributed by atoms with Crippen molar-refractivity contribution in [1.29, 1.82) is 0 Å². The fourth-order valence-electron chi connectivity index (χ4n) is 2.72. The predicted molar refractivity (Wildman–Crippen MR) is 106 cm³/mol. The number of nitrogens with two attached hydrogens (primary N) is 1. The van der Waals surface area contributed by atoms with E-state index < -0.39 is 17.4 Å². The molecule has 0 bridgehead atoms. The van der Waals surface area contributed by atoms with E-state index in [1.807, 2.05) is 24.3 Å². The Morgan fingerprint density at radius 1 is 1.07 bits per heavy atom. The third kappa shape index (κ3) is 4.27. The van der Waals surface area contributed by atoms with Crippen LogP contribution in [-0.4, -0.2) is 23.5 Å². The summed E-state index contributed by atoms with van der Waals surface area (Å²) in [5.41, 5.74) is 6.47. The number of nitrogens with one attached hydrogen (secondary N) is 1. The van der Waals surface area contributed by atoms with Gasteiger partial charge < -0.3 is 20.4 Å². The predicted octanol–water partition coefficient (Wildman–Crippen LogP) is 2.26. The first kappa shape index (κ1) is 18.9. The molecule has 142 valence electrons. The second-order valence-corrected chi connectivity index (χ2v) is 6.10. The Balaban J connectivity index is 1.80. The smallest absolute Gasteiger partial charge is 0.263 e. The van der Waals surface area contributed by atoms with Gasteiger partial charge in [0.25, 0.3) is 11.5 Å². The van der Waals surface area contributed by atoms with E-state index in [1.165, 1.54) is 22.8 Å². The first-order valence-electron chi connectivity index (χ1n) is 8.51. The van der Waals surface area contributed by atoms with Gasteiger partial charge in [0, 0.05) is 17.4 Å². The lowest BCUT2D eigenvalue weighted by Gasteiger charge is -2.10. The van der Waals surface area contributed by atoms with E-state index in [1.54, 1.807) is 31.5 Å². The summed E-state index contributed by atoms with van der Waals surface area (Å²) in [5, 5.41) is 2.65. The number of carbonyl (C=O) groups is 2. The van der Waals surface area contributed by atoms with E-state index >= 15 is 0 Å². The van der Waals surface area contributed by atoms with E-state index in [4.69, 9.17) is 10.5 Å². The maximum absolute atomic E-state index is 12.7. The van der Waals surface area contributed by atoms with Gasteiger partial charge in [0.1, 0.15) is 11.3 Å². The first-order chi connectivity index (χ1) is 13.5. The van der Waals surface area contributed by atoms with Crippen LogP contribution < -0.4 is 21.3 Å². The average molecular weight is 377 g/mol. The molecule has 0 unspecified atom stereocenters. The number of primary amides is 1. The normalized spacial score (nSPS) is 10.3. The molecule has 0 saturated carbocycles. The van der Waals surface area contributed by atoms with Crippen molar-refractivity contribution in [2.24, 2.45) is 5.73 Å². The van der Waals surface area contributed by atoms with Crippen LogP contribution in [0, 0.1) is 0 Å². The van der Waals surface area contributed by atoms with Crippen LogP contribution in [0.4, 0.5) is 5.69 Å². The zero-order chi connectivity index (χ0) is 20.1. The van der Waals surface area contributed by atoms with Gasteiger partial charge in [-0.3, -0.25) is 14.4 Å². The van der Waals surface area contributed by atoms with E-state index in [0.29, 0.717) is 23.5 Å². The third-order valence-electron chi connectivity index (χ3n) is 4.18. The number of hydrogen-bond acceptors (Lipinski definition) is 4. The summed E-state index contributed by atoms with van der Waals surface area (Å²) in [4.78, 5) is 36.3. The molecule has 2 aromatic carbocycles. The highest BCUT2D eigenvalue weighted by molar-refractivity contribution is 6.04. The quantitative estimate of drug-likeness (QED) is 0.688. The number of nitrogens with zero attached hydrogens (tertiary/aromatic N) is 1. The number of ether oxygens (including phenoxy) is 1. The Bertz CT molecular complexity index is 1070. The Morgan fingerprint density at radius 2 is 1.82 bits per heavy atom. The van der Waals surface area contributed by atoms with E-state index in [2.05, 4.69) is 5.32 Å². The maximum Gasteiger partial charge on any atom is 0.263 e. The summed E-state index contributed by atoms with van der Waals surface area (Å²) in [5.74, 6) is -0.392. The molecule has 28 heavy (non-hydrogen) atoms. The first-order valence-corrected chi connectivity index (χ1v) is 8.51. The number of pyridine rings is 1. The molecule has 3 rings (SSSR count). The minimum atomic E-state index is -0.554. The van der Waals surface area contributed by atoms with Crippen LogP contribution in [0.1, 0.15) is 26.3 Å². The third-order valence-corrected chi connectivity index (χ3v) is 4.18. The minimum absolute atomic E-state index is 0.0179. The van der Waals surface area contributed by atoms with Crippen LogP contribution in [0.15, 0.2) is 71.7 Å². The van der Waals surface area contributed by atoms with Crippen LogP contribution in [0.5, 0.6) is 5.75 Å². The van der Waals surface area contributed by atoms with Gasteiger partial charge in [-0.05, 0) is 54.1 Å². The van der Waals surface area contributed by atoms with Crippen molar-refractivity contribution in [2.75, 3.05) is 12.4 Å². The molecule has 0 spiro atoms. The molecule has 0 saturated heterocycles. The number of aromatic nitrogens is 1. The fraction of sp³-hybridized carbons (Fsp3) is 0.0952. The van der Waals surface area contributed by atoms with Crippen LogP contribution >= 0.6 is 0 Å². The highest BCUT2D eigenvalue weighted by atomic mass is 16.5. The van der Waals surface area contributed by atoms with Gasteiger partial charge in [-0.1, -0.05) is 12.1 Å².